The molecule has 1 nitrogen and oxygen atoms in total. The van der Waals surface area contributed by atoms with Crippen molar-refractivity contribution in [1.82, 2.24) is 0 Å². The fraction of sp³-hybridized carbons (Fsp3) is 0.556. The molecule has 100 valence electrons. The first-order valence-corrected chi connectivity index (χ1v) is 7.63. The van der Waals surface area contributed by atoms with Crippen LogP contribution in [0.1, 0.15) is 46.0 Å². The van der Waals surface area contributed by atoms with Gasteiger partial charge >= 0.3 is 0 Å². The molecule has 0 aromatic carbocycles. The van der Waals surface area contributed by atoms with E-state index >= 15 is 0 Å². The Labute approximate surface area is 115 Å². The Bertz CT molecular complexity index is 528. The van der Waals surface area contributed by atoms with E-state index in [2.05, 4.69) is 38.2 Å². The highest BCUT2D eigenvalue weighted by Gasteiger charge is 2.47. The van der Waals surface area contributed by atoms with Gasteiger partial charge in [-0.2, -0.15) is 0 Å². The third-order valence-electron chi connectivity index (χ3n) is 5.49. The van der Waals surface area contributed by atoms with Crippen molar-refractivity contribution in [3.05, 3.63) is 46.6 Å². The number of fused-ring (bicyclic) bond motifs is 3. The van der Waals surface area contributed by atoms with Crippen LogP contribution in [0.3, 0.4) is 0 Å². The third-order valence-corrected chi connectivity index (χ3v) is 5.49. The van der Waals surface area contributed by atoms with Gasteiger partial charge in [-0.05, 0) is 48.8 Å². The number of hydrogen-bond acceptors (Lipinski definition) is 1. The number of allylic oxidation sites excluding steroid dienone is 5. The Balaban J connectivity index is 1.84. The molecule has 0 saturated carbocycles. The predicted octanol–water partition coefficient (Wildman–Crippen LogP) is 4.48. The fourth-order valence-electron chi connectivity index (χ4n) is 4.43. The van der Waals surface area contributed by atoms with Gasteiger partial charge < -0.3 is 4.74 Å². The van der Waals surface area contributed by atoms with Gasteiger partial charge in [0, 0.05) is 5.41 Å². The zero-order valence-electron chi connectivity index (χ0n) is 11.9. The minimum absolute atomic E-state index is 0.264. The number of ether oxygens (including phenoxy) is 1. The first kappa shape index (κ1) is 11.7. The lowest BCUT2D eigenvalue weighted by molar-refractivity contribution is -0.0700. The summed E-state index contributed by atoms with van der Waals surface area (Å²) in [6, 6.07) is 0. The summed E-state index contributed by atoms with van der Waals surface area (Å²) >= 11 is 0. The van der Waals surface area contributed by atoms with Crippen molar-refractivity contribution < 1.29 is 4.74 Å². The van der Waals surface area contributed by atoms with Crippen molar-refractivity contribution in [2.24, 2.45) is 5.41 Å². The van der Waals surface area contributed by atoms with Crippen LogP contribution in [0, 0.1) is 5.41 Å². The van der Waals surface area contributed by atoms with Gasteiger partial charge in [0.25, 0.3) is 0 Å². The van der Waals surface area contributed by atoms with E-state index < -0.39 is 0 Å². The molecule has 0 aromatic heterocycles. The molecule has 0 N–H and O–H groups in total. The Morgan fingerprint density at radius 2 is 1.84 bits per heavy atom. The maximum absolute atomic E-state index is 6.49. The molecule has 2 aliphatic carbocycles. The molecule has 0 unspecified atom stereocenters. The Morgan fingerprint density at radius 3 is 2.63 bits per heavy atom. The topological polar surface area (TPSA) is 9.23 Å². The standard InChI is InChI=1S/C18H22O/c1-18(2)15-9-5-8-14(15)17-13(10-11-16(18)19-17)12-6-3-4-7-12/h3-4,6-7,16-17H,5,8-11H2,1-2H3/t16-,17+/m1/s1. The smallest absolute Gasteiger partial charge is 0.101 e. The van der Waals surface area contributed by atoms with E-state index in [0.717, 1.165) is 0 Å². The zero-order valence-corrected chi connectivity index (χ0v) is 11.9. The van der Waals surface area contributed by atoms with Crippen LogP contribution in [0.15, 0.2) is 46.6 Å². The van der Waals surface area contributed by atoms with E-state index in [9.17, 15) is 0 Å². The minimum atomic E-state index is 0.264. The molecule has 4 rings (SSSR count). The Morgan fingerprint density at radius 1 is 1.05 bits per heavy atom. The van der Waals surface area contributed by atoms with Gasteiger partial charge in [0.2, 0.25) is 0 Å². The van der Waals surface area contributed by atoms with E-state index in [-0.39, 0.29) is 5.41 Å². The Kier molecular flexibility index (Phi) is 2.44. The zero-order chi connectivity index (χ0) is 13.0. The van der Waals surface area contributed by atoms with Crippen LogP contribution in [-0.2, 0) is 4.74 Å². The lowest BCUT2D eigenvalue weighted by Gasteiger charge is -2.48. The normalized spacial score (nSPS) is 35.3. The molecule has 1 heteroatoms. The molecule has 19 heavy (non-hydrogen) atoms. The monoisotopic (exact) mass is 254 g/mol. The van der Waals surface area contributed by atoms with Gasteiger partial charge in [-0.3, -0.25) is 0 Å². The third kappa shape index (κ3) is 1.57. The molecule has 2 bridgehead atoms. The maximum atomic E-state index is 6.49. The molecule has 1 saturated heterocycles. The molecule has 2 aliphatic heterocycles. The molecule has 4 aliphatic rings. The van der Waals surface area contributed by atoms with E-state index in [1.165, 1.54) is 43.3 Å². The molecule has 0 radical (unpaired) electrons. The first-order valence-electron chi connectivity index (χ1n) is 7.63. The lowest BCUT2D eigenvalue weighted by atomic mass is 9.69. The van der Waals surface area contributed by atoms with Crippen LogP contribution in [0.5, 0.6) is 0 Å². The van der Waals surface area contributed by atoms with E-state index in [1.54, 1.807) is 11.1 Å². The number of hydrogen-bond donors (Lipinski definition) is 0. The second-order valence-electron chi connectivity index (χ2n) is 6.82. The van der Waals surface area contributed by atoms with E-state index in [0.29, 0.717) is 12.2 Å². The van der Waals surface area contributed by atoms with Crippen LogP contribution in [0.2, 0.25) is 0 Å². The van der Waals surface area contributed by atoms with Crippen LogP contribution >= 0.6 is 0 Å². The van der Waals surface area contributed by atoms with Gasteiger partial charge in [0.15, 0.2) is 0 Å². The van der Waals surface area contributed by atoms with Gasteiger partial charge in [0.05, 0.1) is 6.10 Å². The van der Waals surface area contributed by atoms with Crippen LogP contribution in [-0.4, -0.2) is 12.2 Å². The van der Waals surface area contributed by atoms with Crippen molar-refractivity contribution in [2.75, 3.05) is 0 Å². The molecule has 0 aromatic rings. The largest absolute Gasteiger partial charge is 0.365 e. The van der Waals surface area contributed by atoms with Gasteiger partial charge in [0.1, 0.15) is 6.10 Å². The van der Waals surface area contributed by atoms with E-state index in [1.807, 2.05) is 0 Å². The van der Waals surface area contributed by atoms with Crippen LogP contribution in [0.4, 0.5) is 0 Å². The minimum Gasteiger partial charge on any atom is -0.365 e. The number of rotatable bonds is 0. The predicted molar refractivity (Wildman–Crippen MR) is 77.9 cm³/mol. The highest BCUT2D eigenvalue weighted by molar-refractivity contribution is 5.49. The quantitative estimate of drug-likeness (QED) is 0.579. The van der Waals surface area contributed by atoms with Gasteiger partial charge in [-0.1, -0.05) is 43.7 Å². The van der Waals surface area contributed by atoms with Crippen molar-refractivity contribution in [1.29, 1.82) is 0 Å². The van der Waals surface area contributed by atoms with Crippen molar-refractivity contribution in [2.45, 2.75) is 58.2 Å². The summed E-state index contributed by atoms with van der Waals surface area (Å²) < 4.78 is 6.49. The molecule has 2 heterocycles. The molecular weight excluding hydrogens is 232 g/mol. The average molecular weight is 254 g/mol. The molecule has 0 spiro atoms. The highest BCUT2D eigenvalue weighted by atomic mass is 16.5. The van der Waals surface area contributed by atoms with Crippen molar-refractivity contribution in [3.63, 3.8) is 0 Å². The van der Waals surface area contributed by atoms with Crippen LogP contribution < -0.4 is 0 Å². The second kappa shape index (κ2) is 3.96. The average Bonchev–Trinajstić information content (AvgIpc) is 3.08. The lowest BCUT2D eigenvalue weighted by Crippen LogP contribution is -2.46. The summed E-state index contributed by atoms with van der Waals surface area (Å²) in [5, 5.41) is 0. The molecule has 2 atom stereocenters. The summed E-state index contributed by atoms with van der Waals surface area (Å²) in [4.78, 5) is 0. The molecular formula is C18H22O. The van der Waals surface area contributed by atoms with Gasteiger partial charge in [-0.25, -0.2) is 0 Å². The fourth-order valence-corrected chi connectivity index (χ4v) is 4.43. The summed E-state index contributed by atoms with van der Waals surface area (Å²) in [6.45, 7) is 4.78. The van der Waals surface area contributed by atoms with Crippen LogP contribution in [0.25, 0.3) is 0 Å². The molecule has 1 fully saturated rings. The maximum Gasteiger partial charge on any atom is 0.101 e. The van der Waals surface area contributed by atoms with Crippen molar-refractivity contribution in [3.8, 4) is 0 Å². The molecule has 0 amide bonds. The second-order valence-corrected chi connectivity index (χ2v) is 6.82. The van der Waals surface area contributed by atoms with Gasteiger partial charge in [-0.15, -0.1) is 0 Å². The van der Waals surface area contributed by atoms with Crippen molar-refractivity contribution >= 4 is 0 Å². The first-order chi connectivity index (χ1) is 9.18. The van der Waals surface area contributed by atoms with E-state index in [4.69, 9.17) is 4.74 Å². The summed E-state index contributed by atoms with van der Waals surface area (Å²) in [5.41, 5.74) is 6.54. The summed E-state index contributed by atoms with van der Waals surface area (Å²) in [7, 11) is 0. The Hall–Kier alpha value is -1.08. The highest BCUT2D eigenvalue weighted by Crippen LogP contribution is 2.53. The summed E-state index contributed by atoms with van der Waals surface area (Å²) in [6.07, 6.45) is 15.8. The summed E-state index contributed by atoms with van der Waals surface area (Å²) in [5.74, 6) is 0. The SMILES string of the molecule is CC1(C)C2=C(CCC2)[C@H]2O[C@@H]1CCC2=C1C=CC=C1.